The number of fused-ring (bicyclic) bond motifs is 1. The Balaban J connectivity index is 2.14. The van der Waals surface area contributed by atoms with Crippen molar-refractivity contribution in [2.24, 2.45) is 0 Å². The van der Waals surface area contributed by atoms with E-state index in [9.17, 15) is 4.79 Å². The summed E-state index contributed by atoms with van der Waals surface area (Å²) in [5.74, 6) is 0.391. The minimum Gasteiger partial charge on any atom is -0.497 e. The van der Waals surface area contributed by atoms with Crippen molar-refractivity contribution in [3.63, 3.8) is 0 Å². The first-order valence-corrected chi connectivity index (χ1v) is 6.77. The summed E-state index contributed by atoms with van der Waals surface area (Å²) < 4.78 is 11.0. The van der Waals surface area contributed by atoms with E-state index < -0.39 is 5.72 Å². The van der Waals surface area contributed by atoms with E-state index in [4.69, 9.17) is 9.47 Å². The molecule has 0 bridgehead atoms. The van der Waals surface area contributed by atoms with Crippen LogP contribution in [0.15, 0.2) is 48.5 Å². The predicted molar refractivity (Wildman–Crippen MR) is 80.6 cm³/mol. The monoisotopic (exact) mass is 283 g/mol. The Bertz CT molecular complexity index is 684. The number of carbonyl (C=O) groups is 1. The molecule has 21 heavy (non-hydrogen) atoms. The Hall–Kier alpha value is -2.49. The smallest absolute Gasteiger partial charge is 0.342 e. The highest BCUT2D eigenvalue weighted by Gasteiger charge is 2.42. The van der Waals surface area contributed by atoms with Crippen molar-refractivity contribution < 1.29 is 14.3 Å². The van der Waals surface area contributed by atoms with Crippen LogP contribution in [0.25, 0.3) is 0 Å². The second-order valence-corrected chi connectivity index (χ2v) is 5.18. The van der Waals surface area contributed by atoms with E-state index in [2.05, 4.69) is 0 Å². The number of cyclic esters (lactones) is 1. The first-order valence-electron chi connectivity index (χ1n) is 6.77. The number of nitrogens with zero attached hydrogens (tertiary/aromatic N) is 1. The highest BCUT2D eigenvalue weighted by Crippen LogP contribution is 2.41. The average molecular weight is 283 g/mol. The molecule has 3 rings (SSSR count). The maximum atomic E-state index is 12.3. The number of hydrogen-bond donors (Lipinski definition) is 0. The number of rotatable bonds is 2. The number of hydrogen-bond acceptors (Lipinski definition) is 4. The van der Waals surface area contributed by atoms with Crippen LogP contribution in [0.3, 0.4) is 0 Å². The molecule has 0 spiro atoms. The number of benzene rings is 2. The summed E-state index contributed by atoms with van der Waals surface area (Å²) in [6, 6.07) is 15.1. The molecule has 4 heteroatoms. The molecule has 2 aromatic carbocycles. The van der Waals surface area contributed by atoms with E-state index in [1.54, 1.807) is 19.2 Å². The summed E-state index contributed by atoms with van der Waals surface area (Å²) >= 11 is 0. The zero-order valence-electron chi connectivity index (χ0n) is 12.3. The molecule has 0 aliphatic carbocycles. The minimum atomic E-state index is -0.836. The zero-order chi connectivity index (χ0) is 15.0. The van der Waals surface area contributed by atoms with E-state index in [-0.39, 0.29) is 5.97 Å². The zero-order valence-corrected chi connectivity index (χ0v) is 12.3. The fraction of sp³-hybridized carbons (Fsp3) is 0.235. The summed E-state index contributed by atoms with van der Waals surface area (Å²) in [5.41, 5.74) is 1.44. The van der Waals surface area contributed by atoms with Crippen LogP contribution in [-0.2, 0) is 10.5 Å². The van der Waals surface area contributed by atoms with Crippen LogP contribution in [0.1, 0.15) is 22.8 Å². The molecule has 1 atom stereocenters. The summed E-state index contributed by atoms with van der Waals surface area (Å²) in [6.45, 7) is 1.89. The Morgan fingerprint density at radius 2 is 1.86 bits per heavy atom. The number of methoxy groups -OCH3 is 1. The third-order valence-electron chi connectivity index (χ3n) is 4.03. The van der Waals surface area contributed by atoms with Crippen molar-refractivity contribution in [2.45, 2.75) is 12.6 Å². The van der Waals surface area contributed by atoms with Crippen LogP contribution < -0.4 is 9.64 Å². The van der Waals surface area contributed by atoms with Crippen molar-refractivity contribution in [1.29, 1.82) is 0 Å². The van der Waals surface area contributed by atoms with Crippen LogP contribution in [0.4, 0.5) is 5.69 Å². The molecule has 0 saturated carbocycles. The van der Waals surface area contributed by atoms with Gasteiger partial charge >= 0.3 is 5.97 Å². The largest absolute Gasteiger partial charge is 0.497 e. The molecular weight excluding hydrogens is 266 g/mol. The van der Waals surface area contributed by atoms with Gasteiger partial charge in [-0.1, -0.05) is 30.3 Å². The highest BCUT2D eigenvalue weighted by atomic mass is 16.6. The molecule has 1 aliphatic rings. The van der Waals surface area contributed by atoms with Crippen LogP contribution in [0, 0.1) is 0 Å². The molecule has 4 nitrogen and oxygen atoms in total. The normalized spacial score (nSPS) is 20.7. The van der Waals surface area contributed by atoms with Gasteiger partial charge in [0.2, 0.25) is 5.72 Å². The van der Waals surface area contributed by atoms with Crippen LogP contribution >= 0.6 is 0 Å². The standard InChI is InChI=1S/C17H17NO3/c1-17(12-7-5-4-6-8-12)18(2)15-11-13(20-3)9-10-14(15)16(19)21-17/h4-11H,1-3H3/t17-/m1/s1. The van der Waals surface area contributed by atoms with Crippen molar-refractivity contribution in [3.05, 3.63) is 59.7 Å². The third-order valence-corrected chi connectivity index (χ3v) is 4.03. The quantitative estimate of drug-likeness (QED) is 0.794. The number of carbonyl (C=O) groups excluding carboxylic acids is 1. The molecule has 108 valence electrons. The van der Waals surface area contributed by atoms with Gasteiger partial charge < -0.3 is 14.4 Å². The molecule has 0 aromatic heterocycles. The predicted octanol–water partition coefficient (Wildman–Crippen LogP) is 3.17. The van der Waals surface area contributed by atoms with Gasteiger partial charge in [0.25, 0.3) is 0 Å². The second-order valence-electron chi connectivity index (χ2n) is 5.18. The van der Waals surface area contributed by atoms with Gasteiger partial charge in [-0.3, -0.25) is 0 Å². The molecule has 0 N–H and O–H groups in total. The fourth-order valence-corrected chi connectivity index (χ4v) is 2.62. The van der Waals surface area contributed by atoms with Crippen molar-refractivity contribution in [2.75, 3.05) is 19.1 Å². The van der Waals surface area contributed by atoms with Gasteiger partial charge in [-0.05, 0) is 19.1 Å². The van der Waals surface area contributed by atoms with Gasteiger partial charge in [0, 0.05) is 18.7 Å². The Morgan fingerprint density at radius 1 is 1.14 bits per heavy atom. The summed E-state index contributed by atoms with van der Waals surface area (Å²) in [6.07, 6.45) is 0. The molecule has 2 aromatic rings. The lowest BCUT2D eigenvalue weighted by atomic mass is 9.98. The molecule has 0 saturated heterocycles. The van der Waals surface area contributed by atoms with Crippen molar-refractivity contribution in [3.8, 4) is 5.75 Å². The lowest BCUT2D eigenvalue weighted by Gasteiger charge is -2.43. The molecule has 1 heterocycles. The third kappa shape index (κ3) is 2.03. The molecule has 0 unspecified atom stereocenters. The minimum absolute atomic E-state index is 0.322. The van der Waals surface area contributed by atoms with Crippen LogP contribution in [-0.4, -0.2) is 20.1 Å². The van der Waals surface area contributed by atoms with E-state index in [0.717, 1.165) is 11.3 Å². The SMILES string of the molecule is COc1ccc2c(c1)N(C)[C@@](C)(c1ccccc1)OC2=O. The lowest BCUT2D eigenvalue weighted by Crippen LogP contribution is -2.49. The first-order chi connectivity index (χ1) is 10.1. The maximum absolute atomic E-state index is 12.3. The summed E-state index contributed by atoms with van der Waals surface area (Å²) in [7, 11) is 3.52. The molecule has 0 amide bonds. The summed E-state index contributed by atoms with van der Waals surface area (Å²) in [4.78, 5) is 14.3. The lowest BCUT2D eigenvalue weighted by molar-refractivity contribution is -0.0165. The van der Waals surface area contributed by atoms with Crippen LogP contribution in [0.5, 0.6) is 5.75 Å². The van der Waals surface area contributed by atoms with Gasteiger partial charge in [0.1, 0.15) is 5.75 Å². The van der Waals surface area contributed by atoms with Gasteiger partial charge in [-0.15, -0.1) is 0 Å². The molecular formula is C17H17NO3. The van der Waals surface area contributed by atoms with Crippen molar-refractivity contribution >= 4 is 11.7 Å². The number of esters is 1. The average Bonchev–Trinajstić information content (AvgIpc) is 2.53. The van der Waals surface area contributed by atoms with E-state index >= 15 is 0 Å². The maximum Gasteiger partial charge on any atom is 0.342 e. The number of anilines is 1. The summed E-state index contributed by atoms with van der Waals surface area (Å²) in [5, 5.41) is 0. The fourth-order valence-electron chi connectivity index (χ4n) is 2.62. The molecule has 1 aliphatic heterocycles. The second kappa shape index (κ2) is 4.81. The Kier molecular flexibility index (Phi) is 3.09. The van der Waals surface area contributed by atoms with E-state index in [1.807, 2.05) is 55.3 Å². The van der Waals surface area contributed by atoms with Gasteiger partial charge in [-0.25, -0.2) is 4.79 Å². The highest BCUT2D eigenvalue weighted by molar-refractivity contribution is 5.98. The van der Waals surface area contributed by atoms with Gasteiger partial charge in [0.15, 0.2) is 0 Å². The van der Waals surface area contributed by atoms with E-state index in [1.165, 1.54) is 0 Å². The Morgan fingerprint density at radius 3 is 2.52 bits per heavy atom. The van der Waals surface area contributed by atoms with Crippen molar-refractivity contribution in [1.82, 2.24) is 0 Å². The topological polar surface area (TPSA) is 38.8 Å². The Labute approximate surface area is 123 Å². The first kappa shape index (κ1) is 13.5. The van der Waals surface area contributed by atoms with Gasteiger partial charge in [0.05, 0.1) is 18.4 Å². The molecule has 0 radical (unpaired) electrons. The van der Waals surface area contributed by atoms with Gasteiger partial charge in [-0.2, -0.15) is 0 Å². The molecule has 0 fully saturated rings. The van der Waals surface area contributed by atoms with E-state index in [0.29, 0.717) is 11.3 Å². The number of ether oxygens (including phenoxy) is 2. The van der Waals surface area contributed by atoms with Crippen LogP contribution in [0.2, 0.25) is 0 Å².